The van der Waals surface area contributed by atoms with Crippen LogP contribution in [0.25, 0.3) is 38.9 Å². The third-order valence-electron chi connectivity index (χ3n) is 7.61. The standard InChI is InChI=1S/C36H29NO2/c1-22(2)31(28-15-9-8-12-23(28)3)33-35(38)34(36(33)39)32-24(4)37(30-17-11-10-16-29(30)32)27-20-18-26(19-21-27)25-13-6-5-7-14-25/h5-21,38H,1H2,2-4H3/b33-31+. The fourth-order valence-electron chi connectivity index (χ4n) is 5.75. The number of carbonyl (C=O) groups is 1. The predicted octanol–water partition coefficient (Wildman–Crippen LogP) is 8.80. The number of ketones is 1. The molecule has 1 aliphatic carbocycles. The van der Waals surface area contributed by atoms with Gasteiger partial charge in [0, 0.05) is 22.3 Å². The number of Topliss-reactive ketones (excluding diaryl/α,β-unsaturated/α-hetero) is 1. The molecule has 0 radical (unpaired) electrons. The molecule has 190 valence electrons. The molecule has 39 heavy (non-hydrogen) atoms. The van der Waals surface area contributed by atoms with Gasteiger partial charge in [-0.15, -0.1) is 0 Å². The summed E-state index contributed by atoms with van der Waals surface area (Å²) in [5.74, 6) is -0.120. The summed E-state index contributed by atoms with van der Waals surface area (Å²) in [7, 11) is 0. The number of hydrogen-bond acceptors (Lipinski definition) is 2. The first-order valence-electron chi connectivity index (χ1n) is 13.1. The van der Waals surface area contributed by atoms with Gasteiger partial charge in [-0.25, -0.2) is 0 Å². The number of hydrogen-bond donors (Lipinski definition) is 1. The van der Waals surface area contributed by atoms with E-state index < -0.39 is 0 Å². The van der Waals surface area contributed by atoms with Gasteiger partial charge < -0.3 is 9.67 Å². The van der Waals surface area contributed by atoms with Gasteiger partial charge in [0.15, 0.2) is 0 Å². The number of rotatable bonds is 5. The van der Waals surface area contributed by atoms with Gasteiger partial charge in [0.2, 0.25) is 5.78 Å². The van der Waals surface area contributed by atoms with Gasteiger partial charge in [-0.2, -0.15) is 0 Å². The van der Waals surface area contributed by atoms with Gasteiger partial charge in [0.1, 0.15) is 5.76 Å². The lowest BCUT2D eigenvalue weighted by molar-refractivity contribution is -0.111. The second-order valence-corrected chi connectivity index (χ2v) is 10.1. The van der Waals surface area contributed by atoms with Crippen LogP contribution in [0.15, 0.2) is 127 Å². The highest BCUT2D eigenvalue weighted by atomic mass is 16.3. The van der Waals surface area contributed by atoms with Crippen molar-refractivity contribution in [2.75, 3.05) is 0 Å². The number of benzene rings is 4. The maximum Gasteiger partial charge on any atom is 0.201 e. The molecule has 0 fully saturated rings. The zero-order valence-corrected chi connectivity index (χ0v) is 22.3. The topological polar surface area (TPSA) is 42.2 Å². The first kappa shape index (κ1) is 24.4. The van der Waals surface area contributed by atoms with E-state index in [-0.39, 0.29) is 11.5 Å². The van der Waals surface area contributed by atoms with Crippen LogP contribution in [-0.4, -0.2) is 15.5 Å². The number of aromatic nitrogens is 1. The first-order valence-corrected chi connectivity index (χ1v) is 13.1. The predicted molar refractivity (Wildman–Crippen MR) is 161 cm³/mol. The highest BCUT2D eigenvalue weighted by Crippen LogP contribution is 2.46. The molecule has 1 N–H and O–H groups in total. The number of para-hydroxylation sites is 1. The Morgan fingerprint density at radius 3 is 2.05 bits per heavy atom. The van der Waals surface area contributed by atoms with E-state index in [9.17, 15) is 9.90 Å². The molecule has 3 heteroatoms. The maximum atomic E-state index is 13.8. The van der Waals surface area contributed by atoms with Crippen molar-refractivity contribution in [2.45, 2.75) is 20.8 Å². The van der Waals surface area contributed by atoms with Crippen LogP contribution >= 0.6 is 0 Å². The molecule has 0 bridgehead atoms. The Kier molecular flexibility index (Phi) is 5.92. The molecule has 0 aliphatic heterocycles. The van der Waals surface area contributed by atoms with Crippen LogP contribution in [0.5, 0.6) is 0 Å². The van der Waals surface area contributed by atoms with E-state index in [1.165, 1.54) is 0 Å². The second-order valence-electron chi connectivity index (χ2n) is 10.1. The molecule has 0 atom stereocenters. The van der Waals surface area contributed by atoms with E-state index in [0.29, 0.717) is 16.7 Å². The van der Waals surface area contributed by atoms with Crippen molar-refractivity contribution in [3.63, 3.8) is 0 Å². The van der Waals surface area contributed by atoms with Crippen molar-refractivity contribution in [1.82, 2.24) is 4.57 Å². The fraction of sp³-hybridized carbons (Fsp3) is 0.0833. The van der Waals surface area contributed by atoms with Crippen LogP contribution in [0.3, 0.4) is 0 Å². The molecule has 0 spiro atoms. The molecule has 0 unspecified atom stereocenters. The third kappa shape index (κ3) is 3.86. The van der Waals surface area contributed by atoms with Crippen LogP contribution in [-0.2, 0) is 4.79 Å². The van der Waals surface area contributed by atoms with Crippen molar-refractivity contribution in [2.24, 2.45) is 0 Å². The zero-order chi connectivity index (χ0) is 27.3. The van der Waals surface area contributed by atoms with Crippen LogP contribution in [0.2, 0.25) is 0 Å². The Bertz CT molecular complexity index is 1850. The minimum absolute atomic E-state index is 0.0340. The van der Waals surface area contributed by atoms with Gasteiger partial charge in [-0.1, -0.05) is 91.5 Å². The summed E-state index contributed by atoms with van der Waals surface area (Å²) < 4.78 is 2.16. The van der Waals surface area contributed by atoms with E-state index in [0.717, 1.165) is 55.7 Å². The minimum atomic E-state index is -0.154. The molecule has 0 amide bonds. The Labute approximate surface area is 228 Å². The minimum Gasteiger partial charge on any atom is -0.506 e. The number of allylic oxidation sites excluding steroid dienone is 4. The summed E-state index contributed by atoms with van der Waals surface area (Å²) >= 11 is 0. The van der Waals surface area contributed by atoms with Crippen molar-refractivity contribution in [3.05, 3.63) is 149 Å². The van der Waals surface area contributed by atoms with E-state index in [2.05, 4.69) is 53.6 Å². The lowest BCUT2D eigenvalue weighted by atomic mass is 9.76. The van der Waals surface area contributed by atoms with Crippen LogP contribution in [0.4, 0.5) is 0 Å². The molecular weight excluding hydrogens is 478 g/mol. The lowest BCUT2D eigenvalue weighted by Gasteiger charge is -2.26. The Balaban J connectivity index is 1.53. The van der Waals surface area contributed by atoms with Crippen molar-refractivity contribution in [3.8, 4) is 16.8 Å². The Morgan fingerprint density at radius 2 is 1.38 bits per heavy atom. The SMILES string of the molecule is C=C(C)/C(=C1\C(=O)C(c2c(C)n(-c3ccc(-c4ccccc4)cc3)c3ccccc23)=C1O)c1ccccc1C. The molecule has 1 aromatic heterocycles. The summed E-state index contributed by atoms with van der Waals surface area (Å²) in [5.41, 5.74) is 10.1. The lowest BCUT2D eigenvalue weighted by Crippen LogP contribution is -2.23. The van der Waals surface area contributed by atoms with E-state index in [1.54, 1.807) is 0 Å². The molecule has 1 heterocycles. The molecular formula is C36H29NO2. The number of nitrogens with zero attached hydrogens (tertiary/aromatic N) is 1. The average Bonchev–Trinajstić information content (AvgIpc) is 3.24. The summed E-state index contributed by atoms with van der Waals surface area (Å²) in [6.07, 6.45) is 0. The maximum absolute atomic E-state index is 13.8. The number of aliphatic hydroxyl groups excluding tert-OH is 1. The van der Waals surface area contributed by atoms with Crippen LogP contribution < -0.4 is 0 Å². The first-order chi connectivity index (χ1) is 18.9. The van der Waals surface area contributed by atoms with Gasteiger partial charge >= 0.3 is 0 Å². The van der Waals surface area contributed by atoms with Crippen molar-refractivity contribution >= 4 is 27.8 Å². The number of fused-ring (bicyclic) bond motifs is 1. The summed E-state index contributed by atoms with van der Waals surface area (Å²) in [4.78, 5) is 13.8. The van der Waals surface area contributed by atoms with Crippen LogP contribution in [0.1, 0.15) is 29.3 Å². The molecule has 3 nitrogen and oxygen atoms in total. The molecule has 1 aliphatic rings. The highest BCUT2D eigenvalue weighted by molar-refractivity contribution is 6.43. The number of carbonyl (C=O) groups excluding carboxylic acids is 1. The highest BCUT2D eigenvalue weighted by Gasteiger charge is 2.40. The monoisotopic (exact) mass is 507 g/mol. The van der Waals surface area contributed by atoms with Gasteiger partial charge in [0.05, 0.1) is 16.7 Å². The Hall–Kier alpha value is -4.89. The summed E-state index contributed by atoms with van der Waals surface area (Å²) in [5, 5.41) is 12.4. The van der Waals surface area contributed by atoms with Gasteiger partial charge in [-0.3, -0.25) is 4.79 Å². The third-order valence-corrected chi connectivity index (χ3v) is 7.61. The summed E-state index contributed by atoms with van der Waals surface area (Å²) in [6, 6.07) is 34.7. The smallest absolute Gasteiger partial charge is 0.201 e. The normalized spacial score (nSPS) is 14.5. The van der Waals surface area contributed by atoms with Crippen molar-refractivity contribution < 1.29 is 9.90 Å². The largest absolute Gasteiger partial charge is 0.506 e. The summed E-state index contributed by atoms with van der Waals surface area (Å²) in [6.45, 7) is 10.0. The van der Waals surface area contributed by atoms with E-state index in [4.69, 9.17) is 0 Å². The van der Waals surface area contributed by atoms with Crippen molar-refractivity contribution in [1.29, 1.82) is 0 Å². The van der Waals surface area contributed by atoms with E-state index >= 15 is 0 Å². The van der Waals surface area contributed by atoms with Gasteiger partial charge in [0.25, 0.3) is 0 Å². The Morgan fingerprint density at radius 1 is 0.769 bits per heavy atom. The number of aryl methyl sites for hydroxylation is 1. The average molecular weight is 508 g/mol. The quantitative estimate of drug-likeness (QED) is 0.242. The number of aliphatic hydroxyl groups is 1. The molecule has 4 aromatic carbocycles. The zero-order valence-electron chi connectivity index (χ0n) is 22.3. The second kappa shape index (κ2) is 9.45. The molecule has 0 saturated carbocycles. The van der Waals surface area contributed by atoms with E-state index in [1.807, 2.05) is 81.4 Å². The molecule has 5 aromatic rings. The van der Waals surface area contributed by atoms with Gasteiger partial charge in [-0.05, 0) is 72.4 Å². The molecule has 0 saturated heterocycles. The van der Waals surface area contributed by atoms with Crippen LogP contribution in [0, 0.1) is 13.8 Å². The molecule has 6 rings (SSSR count). The fourth-order valence-corrected chi connectivity index (χ4v) is 5.75.